The van der Waals surface area contributed by atoms with E-state index < -0.39 is 17.3 Å². The van der Waals surface area contributed by atoms with E-state index in [9.17, 15) is 14.0 Å². The molecule has 1 amide bonds. The van der Waals surface area contributed by atoms with Crippen molar-refractivity contribution in [3.63, 3.8) is 0 Å². The van der Waals surface area contributed by atoms with Crippen LogP contribution in [-0.4, -0.2) is 29.2 Å². The SMILES string of the molecule is O=C(NCCNc1cn[nH]c(=O)c1Cl)c1ccccc1F. The van der Waals surface area contributed by atoms with Gasteiger partial charge in [-0.05, 0) is 12.1 Å². The van der Waals surface area contributed by atoms with E-state index in [1.807, 2.05) is 0 Å². The maximum Gasteiger partial charge on any atom is 0.285 e. The Morgan fingerprint density at radius 1 is 1.33 bits per heavy atom. The summed E-state index contributed by atoms with van der Waals surface area (Å²) in [4.78, 5) is 22.9. The third kappa shape index (κ3) is 3.79. The van der Waals surface area contributed by atoms with Crippen LogP contribution in [0.4, 0.5) is 10.1 Å². The monoisotopic (exact) mass is 310 g/mol. The summed E-state index contributed by atoms with van der Waals surface area (Å²) in [6.07, 6.45) is 1.36. The molecule has 0 aliphatic rings. The molecule has 21 heavy (non-hydrogen) atoms. The molecular formula is C13H12ClFN4O2. The second-order valence-corrected chi connectivity index (χ2v) is 4.47. The Labute approximate surface area is 124 Å². The van der Waals surface area contributed by atoms with Gasteiger partial charge in [-0.15, -0.1) is 0 Å². The molecule has 110 valence electrons. The van der Waals surface area contributed by atoms with Crippen LogP contribution >= 0.6 is 11.6 Å². The summed E-state index contributed by atoms with van der Waals surface area (Å²) in [6, 6.07) is 5.71. The van der Waals surface area contributed by atoms with Crippen LogP contribution in [0.5, 0.6) is 0 Å². The molecule has 0 unspecified atom stereocenters. The minimum atomic E-state index is -0.579. The number of hydrogen-bond acceptors (Lipinski definition) is 4. The number of nitrogens with zero attached hydrogens (tertiary/aromatic N) is 1. The normalized spacial score (nSPS) is 10.2. The molecule has 8 heteroatoms. The van der Waals surface area contributed by atoms with Crippen LogP contribution in [0.1, 0.15) is 10.4 Å². The number of carbonyl (C=O) groups is 1. The Bertz CT molecular complexity index is 705. The van der Waals surface area contributed by atoms with Crippen molar-refractivity contribution in [1.29, 1.82) is 0 Å². The van der Waals surface area contributed by atoms with E-state index >= 15 is 0 Å². The van der Waals surface area contributed by atoms with Gasteiger partial charge in [-0.3, -0.25) is 9.59 Å². The predicted octanol–water partition coefficient (Wildman–Crippen LogP) is 1.40. The highest BCUT2D eigenvalue weighted by atomic mass is 35.5. The third-order valence-corrected chi connectivity index (χ3v) is 3.02. The van der Waals surface area contributed by atoms with E-state index in [-0.39, 0.29) is 17.1 Å². The lowest BCUT2D eigenvalue weighted by molar-refractivity contribution is 0.0951. The summed E-state index contributed by atoms with van der Waals surface area (Å²) in [6.45, 7) is 0.543. The quantitative estimate of drug-likeness (QED) is 0.729. The minimum absolute atomic E-state index is 0.00886. The summed E-state index contributed by atoms with van der Waals surface area (Å²) in [5, 5.41) is 11.2. The molecule has 3 N–H and O–H groups in total. The van der Waals surface area contributed by atoms with Gasteiger partial charge in [0.15, 0.2) is 0 Å². The lowest BCUT2D eigenvalue weighted by Gasteiger charge is -2.08. The lowest BCUT2D eigenvalue weighted by atomic mass is 10.2. The molecule has 2 aromatic rings. The first-order chi connectivity index (χ1) is 10.1. The number of halogens is 2. The van der Waals surface area contributed by atoms with Crippen LogP contribution in [0.3, 0.4) is 0 Å². The van der Waals surface area contributed by atoms with Crippen LogP contribution in [0.25, 0.3) is 0 Å². The van der Waals surface area contributed by atoms with Gasteiger partial charge in [0.1, 0.15) is 10.8 Å². The third-order valence-electron chi connectivity index (χ3n) is 2.64. The average molecular weight is 311 g/mol. The Kier molecular flexibility index (Phi) is 4.89. The van der Waals surface area contributed by atoms with E-state index in [4.69, 9.17) is 11.6 Å². The molecule has 0 spiro atoms. The number of hydrogen-bond donors (Lipinski definition) is 3. The summed E-state index contributed by atoms with van der Waals surface area (Å²) < 4.78 is 13.4. The minimum Gasteiger partial charge on any atom is -0.381 e. The first kappa shape index (κ1) is 15.0. The molecule has 2 rings (SSSR count). The smallest absolute Gasteiger partial charge is 0.285 e. The van der Waals surface area contributed by atoms with E-state index in [1.54, 1.807) is 6.07 Å². The number of carbonyl (C=O) groups excluding carboxylic acids is 1. The van der Waals surface area contributed by atoms with Crippen molar-refractivity contribution in [2.24, 2.45) is 0 Å². The fourth-order valence-corrected chi connectivity index (χ4v) is 1.78. The molecule has 0 bridgehead atoms. The molecule has 0 atom stereocenters. The highest BCUT2D eigenvalue weighted by molar-refractivity contribution is 6.32. The van der Waals surface area contributed by atoms with Crippen LogP contribution in [0.15, 0.2) is 35.3 Å². The summed E-state index contributed by atoms with van der Waals surface area (Å²) >= 11 is 5.77. The molecule has 1 heterocycles. The Balaban J connectivity index is 1.85. The van der Waals surface area contributed by atoms with Gasteiger partial charge in [-0.2, -0.15) is 5.10 Å². The number of rotatable bonds is 5. The highest BCUT2D eigenvalue weighted by Crippen LogP contribution is 2.13. The fraction of sp³-hybridized carbons (Fsp3) is 0.154. The Hall–Kier alpha value is -2.41. The van der Waals surface area contributed by atoms with E-state index in [0.717, 1.165) is 0 Å². The molecule has 0 fully saturated rings. The largest absolute Gasteiger partial charge is 0.381 e. The number of aromatic amines is 1. The van der Waals surface area contributed by atoms with E-state index in [0.29, 0.717) is 12.2 Å². The van der Waals surface area contributed by atoms with Crippen LogP contribution in [0.2, 0.25) is 5.02 Å². The van der Waals surface area contributed by atoms with Gasteiger partial charge in [0, 0.05) is 13.1 Å². The Morgan fingerprint density at radius 3 is 2.86 bits per heavy atom. The number of anilines is 1. The first-order valence-electron chi connectivity index (χ1n) is 6.09. The van der Waals surface area contributed by atoms with Crippen molar-refractivity contribution in [3.8, 4) is 0 Å². The van der Waals surface area contributed by atoms with Gasteiger partial charge in [0.25, 0.3) is 11.5 Å². The number of aromatic nitrogens is 2. The van der Waals surface area contributed by atoms with Crippen molar-refractivity contribution < 1.29 is 9.18 Å². The standard InChI is InChI=1S/C13H12ClFN4O2/c14-11-10(7-18-19-13(11)21)16-5-6-17-12(20)8-3-1-2-4-9(8)15/h1-4,7H,5-6H2,(H,17,20)(H2,16,19,21). The zero-order valence-electron chi connectivity index (χ0n) is 10.8. The molecule has 6 nitrogen and oxygen atoms in total. The van der Waals surface area contributed by atoms with Gasteiger partial charge in [0.05, 0.1) is 17.4 Å². The first-order valence-corrected chi connectivity index (χ1v) is 6.47. The second-order valence-electron chi connectivity index (χ2n) is 4.09. The van der Waals surface area contributed by atoms with Crippen molar-refractivity contribution in [3.05, 3.63) is 57.2 Å². The summed E-state index contributed by atoms with van der Waals surface area (Å²) in [5.41, 5.74) is -0.161. The number of H-pyrrole nitrogens is 1. The van der Waals surface area contributed by atoms with Gasteiger partial charge < -0.3 is 10.6 Å². The molecule has 0 saturated carbocycles. The number of benzene rings is 1. The molecule has 1 aromatic carbocycles. The molecule has 0 radical (unpaired) electrons. The second kappa shape index (κ2) is 6.85. The van der Waals surface area contributed by atoms with Gasteiger partial charge in [-0.25, -0.2) is 9.49 Å². The molecule has 0 aliphatic heterocycles. The van der Waals surface area contributed by atoms with Crippen molar-refractivity contribution in [2.45, 2.75) is 0 Å². The zero-order chi connectivity index (χ0) is 15.2. The van der Waals surface area contributed by atoms with Crippen molar-refractivity contribution in [1.82, 2.24) is 15.5 Å². The maximum atomic E-state index is 13.4. The van der Waals surface area contributed by atoms with Crippen LogP contribution in [-0.2, 0) is 0 Å². The van der Waals surface area contributed by atoms with Gasteiger partial charge in [-0.1, -0.05) is 23.7 Å². The fourth-order valence-electron chi connectivity index (χ4n) is 1.62. The van der Waals surface area contributed by atoms with Crippen LogP contribution < -0.4 is 16.2 Å². The van der Waals surface area contributed by atoms with Gasteiger partial charge in [0.2, 0.25) is 0 Å². The molecular weight excluding hydrogens is 299 g/mol. The van der Waals surface area contributed by atoms with Crippen molar-refractivity contribution in [2.75, 3.05) is 18.4 Å². The molecule has 1 aromatic heterocycles. The maximum absolute atomic E-state index is 13.4. The van der Waals surface area contributed by atoms with E-state index in [1.165, 1.54) is 24.4 Å². The van der Waals surface area contributed by atoms with Crippen LogP contribution in [0, 0.1) is 5.82 Å². The zero-order valence-corrected chi connectivity index (χ0v) is 11.6. The number of nitrogens with one attached hydrogen (secondary N) is 3. The summed E-state index contributed by atoms with van der Waals surface area (Å²) in [7, 11) is 0. The average Bonchev–Trinajstić information content (AvgIpc) is 2.48. The number of amides is 1. The van der Waals surface area contributed by atoms with E-state index in [2.05, 4.69) is 20.8 Å². The molecule has 0 saturated heterocycles. The Morgan fingerprint density at radius 2 is 2.10 bits per heavy atom. The predicted molar refractivity (Wildman–Crippen MR) is 77.1 cm³/mol. The lowest BCUT2D eigenvalue weighted by Crippen LogP contribution is -2.29. The summed E-state index contributed by atoms with van der Waals surface area (Å²) in [5.74, 6) is -1.09. The molecule has 0 aliphatic carbocycles. The topological polar surface area (TPSA) is 86.9 Å². The van der Waals surface area contributed by atoms with Gasteiger partial charge >= 0.3 is 0 Å². The van der Waals surface area contributed by atoms with Crippen molar-refractivity contribution >= 4 is 23.2 Å². The highest BCUT2D eigenvalue weighted by Gasteiger charge is 2.10.